The molecule has 0 saturated carbocycles. The lowest BCUT2D eigenvalue weighted by Crippen LogP contribution is -2.49. The van der Waals surface area contributed by atoms with Crippen molar-refractivity contribution >= 4 is 6.09 Å². The summed E-state index contributed by atoms with van der Waals surface area (Å²) in [5.41, 5.74) is 11.9. The number of hydrogen-bond acceptors (Lipinski definition) is 11. The van der Waals surface area contributed by atoms with Gasteiger partial charge in [0.25, 0.3) is 0 Å². The number of aromatic hydroxyl groups is 4. The zero-order chi connectivity index (χ0) is 48.2. The van der Waals surface area contributed by atoms with Gasteiger partial charge in [-0.2, -0.15) is 10.2 Å². The number of phenolic OH excluding ortho intramolecular Hbond substituents is 4. The number of amides is 1. The second-order valence-corrected chi connectivity index (χ2v) is 19.5. The predicted molar refractivity (Wildman–Crippen MR) is 264 cm³/mol. The molecule has 4 heterocycles. The van der Waals surface area contributed by atoms with Crippen molar-refractivity contribution in [1.82, 2.24) is 40.4 Å². The van der Waals surface area contributed by atoms with Crippen LogP contribution in [0, 0.1) is 13.8 Å². The molecular weight excluding hydrogens is 845 g/mol. The summed E-state index contributed by atoms with van der Waals surface area (Å²) in [5.74, 6) is 0.459. The second kappa shape index (κ2) is 20.7. The van der Waals surface area contributed by atoms with Gasteiger partial charge in [0.1, 0.15) is 40.0 Å². The van der Waals surface area contributed by atoms with E-state index in [4.69, 9.17) is 4.74 Å². The van der Waals surface area contributed by atoms with Crippen molar-refractivity contribution in [2.24, 2.45) is 0 Å². The van der Waals surface area contributed by atoms with Crippen LogP contribution in [0.4, 0.5) is 4.79 Å². The highest BCUT2D eigenvalue weighted by Crippen LogP contribution is 2.43. The number of rotatable bonds is 10. The Balaban J connectivity index is 0.000000203. The molecule has 0 unspecified atom stereocenters. The molecular formula is C53H68N8O6. The van der Waals surface area contributed by atoms with E-state index in [9.17, 15) is 25.2 Å². The molecule has 14 nitrogen and oxygen atoms in total. The van der Waals surface area contributed by atoms with Gasteiger partial charge in [0, 0.05) is 111 Å². The SMILES string of the molecule is Cc1[nH]nc(-c2cc(C(C)C)c(O)cc2O)c1-c1ccc(CN2CCN(C(=O)OC(C)(C)C)CC2)cc1.Cc1[nH]nc(-c2cc(C(C)C)c(O)cc2O)c1-c1ccc(CN2CCNCC2)cc1. The number of piperazine rings is 2. The molecule has 6 aromatic rings. The summed E-state index contributed by atoms with van der Waals surface area (Å²) in [4.78, 5) is 18.9. The molecule has 7 N–H and O–H groups in total. The first-order valence-corrected chi connectivity index (χ1v) is 23.4. The van der Waals surface area contributed by atoms with Crippen LogP contribution in [-0.4, -0.2) is 120 Å². The number of ether oxygens (including phenoxy) is 1. The Labute approximate surface area is 394 Å². The van der Waals surface area contributed by atoms with Crippen LogP contribution in [-0.2, 0) is 17.8 Å². The highest BCUT2D eigenvalue weighted by molar-refractivity contribution is 5.87. The molecule has 4 aromatic carbocycles. The van der Waals surface area contributed by atoms with Crippen molar-refractivity contribution in [3.8, 4) is 67.8 Å². The Morgan fingerprint density at radius 2 is 1.01 bits per heavy atom. The highest BCUT2D eigenvalue weighted by Gasteiger charge is 2.27. The predicted octanol–water partition coefficient (Wildman–Crippen LogP) is 9.63. The lowest BCUT2D eigenvalue weighted by molar-refractivity contribution is 0.0139. The fraction of sp³-hybridized carbons (Fsp3) is 0.415. The Hall–Kier alpha value is -6.35. The van der Waals surface area contributed by atoms with Crippen molar-refractivity contribution in [2.45, 2.75) is 92.8 Å². The van der Waals surface area contributed by atoms with E-state index in [1.807, 2.05) is 74.4 Å². The van der Waals surface area contributed by atoms with E-state index in [-0.39, 0.29) is 40.9 Å². The molecule has 356 valence electrons. The van der Waals surface area contributed by atoms with Crippen molar-refractivity contribution < 1.29 is 30.0 Å². The zero-order valence-corrected chi connectivity index (χ0v) is 40.5. The fourth-order valence-electron chi connectivity index (χ4n) is 8.80. The second-order valence-electron chi connectivity index (χ2n) is 19.5. The topological polar surface area (TPSA) is 186 Å². The molecule has 0 aliphatic carbocycles. The average Bonchev–Trinajstić information content (AvgIpc) is 3.85. The van der Waals surface area contributed by atoms with Gasteiger partial charge in [-0.15, -0.1) is 0 Å². The van der Waals surface area contributed by atoms with Gasteiger partial charge in [-0.1, -0.05) is 76.2 Å². The number of hydrogen-bond donors (Lipinski definition) is 7. The van der Waals surface area contributed by atoms with E-state index in [0.717, 1.165) is 97.1 Å². The molecule has 2 saturated heterocycles. The maximum absolute atomic E-state index is 12.3. The number of H-pyrrole nitrogens is 2. The number of nitrogens with one attached hydrogen (secondary N) is 3. The Morgan fingerprint density at radius 1 is 0.612 bits per heavy atom. The quantitative estimate of drug-likeness (QED) is 0.0694. The van der Waals surface area contributed by atoms with E-state index in [0.29, 0.717) is 35.6 Å². The molecule has 8 rings (SSSR count). The zero-order valence-electron chi connectivity index (χ0n) is 40.5. The molecule has 2 aliphatic rings. The first kappa shape index (κ1) is 48.6. The van der Waals surface area contributed by atoms with Crippen LogP contribution in [0.2, 0.25) is 0 Å². The molecule has 0 radical (unpaired) electrons. The molecule has 0 bridgehead atoms. The minimum atomic E-state index is -0.485. The van der Waals surface area contributed by atoms with Gasteiger partial charge in [-0.05, 0) is 92.0 Å². The van der Waals surface area contributed by atoms with E-state index in [1.54, 1.807) is 4.90 Å². The van der Waals surface area contributed by atoms with Gasteiger partial charge < -0.3 is 35.4 Å². The standard InChI is InChI=1S/C29H38N4O4.C24H30N4O2/c1-18(2)22-15-23(25(35)16-24(22)34)27-26(19(3)30-31-27)21-9-7-20(8-10-21)17-32-11-13-33(14-12-32)28(36)37-29(4,5)6;1-15(2)19-12-20(22(30)13-21(19)29)24-23(16(3)26-27-24)18-6-4-17(5-7-18)14-28-10-8-25-9-11-28/h7-10,15-16,18,34-35H,11-14,17H2,1-6H3,(H,30,31);4-7,12-13,15,25,29-30H,8-11,14H2,1-3H3,(H,26,27). The number of phenols is 4. The largest absolute Gasteiger partial charge is 0.508 e. The van der Waals surface area contributed by atoms with Crippen molar-refractivity contribution in [2.75, 3.05) is 52.4 Å². The molecule has 0 spiro atoms. The van der Waals surface area contributed by atoms with Crippen LogP contribution in [0.3, 0.4) is 0 Å². The summed E-state index contributed by atoms with van der Waals surface area (Å²) in [7, 11) is 0. The van der Waals surface area contributed by atoms with E-state index in [2.05, 4.69) is 84.0 Å². The third-order valence-corrected chi connectivity index (χ3v) is 12.5. The van der Waals surface area contributed by atoms with Gasteiger partial charge in [0.05, 0.1) is 0 Å². The smallest absolute Gasteiger partial charge is 0.410 e. The van der Waals surface area contributed by atoms with Gasteiger partial charge in [0.2, 0.25) is 0 Å². The average molecular weight is 913 g/mol. The normalized spacial score (nSPS) is 14.9. The number of aromatic nitrogens is 4. The van der Waals surface area contributed by atoms with Gasteiger partial charge in [-0.25, -0.2) is 4.79 Å². The van der Waals surface area contributed by atoms with Crippen LogP contribution < -0.4 is 5.32 Å². The minimum absolute atomic E-state index is 0.00297. The fourth-order valence-corrected chi connectivity index (χ4v) is 8.80. The van der Waals surface area contributed by atoms with E-state index < -0.39 is 5.60 Å². The lowest BCUT2D eigenvalue weighted by Gasteiger charge is -2.35. The van der Waals surface area contributed by atoms with Gasteiger partial charge in [0.15, 0.2) is 0 Å². The molecule has 67 heavy (non-hydrogen) atoms. The number of carbonyl (C=O) groups excluding carboxylic acids is 1. The van der Waals surface area contributed by atoms with Crippen LogP contribution in [0.1, 0.15) is 93.9 Å². The number of nitrogens with zero attached hydrogens (tertiary/aromatic N) is 5. The number of carbonyl (C=O) groups is 1. The first-order chi connectivity index (χ1) is 31.9. The Morgan fingerprint density at radius 3 is 1.40 bits per heavy atom. The van der Waals surface area contributed by atoms with Crippen LogP contribution in [0.5, 0.6) is 23.0 Å². The summed E-state index contributed by atoms with van der Waals surface area (Å²) in [6, 6.07) is 23.4. The van der Waals surface area contributed by atoms with Gasteiger partial charge >= 0.3 is 6.09 Å². The Kier molecular flexibility index (Phi) is 15.0. The monoisotopic (exact) mass is 913 g/mol. The van der Waals surface area contributed by atoms with Crippen molar-refractivity contribution in [3.63, 3.8) is 0 Å². The first-order valence-electron chi connectivity index (χ1n) is 23.4. The Bertz CT molecular complexity index is 2630. The number of aryl methyl sites for hydroxylation is 2. The molecule has 14 heteroatoms. The molecule has 0 atom stereocenters. The van der Waals surface area contributed by atoms with Crippen LogP contribution in [0.15, 0.2) is 72.8 Å². The maximum atomic E-state index is 12.3. The molecule has 2 aliphatic heterocycles. The van der Waals surface area contributed by atoms with Crippen LogP contribution in [0.25, 0.3) is 44.8 Å². The molecule has 1 amide bonds. The lowest BCUT2D eigenvalue weighted by atomic mass is 9.94. The third kappa shape index (κ3) is 11.6. The van der Waals surface area contributed by atoms with Crippen molar-refractivity contribution in [3.05, 3.63) is 106 Å². The summed E-state index contributed by atoms with van der Waals surface area (Å²) >= 11 is 0. The highest BCUT2D eigenvalue weighted by atomic mass is 16.6. The number of benzene rings is 4. The summed E-state index contributed by atoms with van der Waals surface area (Å²) < 4.78 is 5.49. The third-order valence-electron chi connectivity index (χ3n) is 12.5. The molecule has 2 fully saturated rings. The summed E-state index contributed by atoms with van der Waals surface area (Å²) in [6.45, 7) is 26.5. The molecule has 2 aromatic heterocycles. The maximum Gasteiger partial charge on any atom is 0.410 e. The minimum Gasteiger partial charge on any atom is -0.508 e. The van der Waals surface area contributed by atoms with E-state index in [1.165, 1.54) is 23.3 Å². The van der Waals surface area contributed by atoms with Gasteiger partial charge in [-0.3, -0.25) is 20.0 Å². The van der Waals surface area contributed by atoms with Crippen molar-refractivity contribution in [1.29, 1.82) is 0 Å². The van der Waals surface area contributed by atoms with E-state index >= 15 is 0 Å². The van der Waals surface area contributed by atoms with Crippen LogP contribution >= 0.6 is 0 Å². The summed E-state index contributed by atoms with van der Waals surface area (Å²) in [6.07, 6.45) is -0.247. The summed E-state index contributed by atoms with van der Waals surface area (Å²) in [5, 5.41) is 60.1. The number of aromatic amines is 2.